The number of ether oxygens (including phenoxy) is 2. The van der Waals surface area contributed by atoms with Crippen LogP contribution in [-0.2, 0) is 20.7 Å². The van der Waals surface area contributed by atoms with Crippen molar-refractivity contribution in [3.05, 3.63) is 82.9 Å². The van der Waals surface area contributed by atoms with Crippen molar-refractivity contribution in [3.63, 3.8) is 0 Å². The lowest BCUT2D eigenvalue weighted by Crippen LogP contribution is -2.36. The van der Waals surface area contributed by atoms with E-state index < -0.39 is 17.7 Å². The maximum Gasteiger partial charge on any atom is 0.295 e. The summed E-state index contributed by atoms with van der Waals surface area (Å²) in [5.41, 5.74) is 2.44. The average Bonchev–Trinajstić information content (AvgIpc) is 3.57. The summed E-state index contributed by atoms with van der Waals surface area (Å²) in [7, 11) is 0. The number of carbonyl (C=O) groups excluding carboxylic acids is 2. The van der Waals surface area contributed by atoms with Gasteiger partial charge in [0, 0.05) is 25.1 Å². The van der Waals surface area contributed by atoms with Crippen LogP contribution in [-0.4, -0.2) is 47.1 Å². The number of hydrogen-bond acceptors (Lipinski definition) is 5. The van der Waals surface area contributed by atoms with Crippen LogP contribution < -0.4 is 4.74 Å². The molecule has 0 aliphatic carbocycles. The van der Waals surface area contributed by atoms with Crippen molar-refractivity contribution in [2.75, 3.05) is 13.2 Å². The number of ketones is 1. The van der Waals surface area contributed by atoms with Crippen molar-refractivity contribution in [1.29, 1.82) is 0 Å². The Balaban J connectivity index is 1.52. The Labute approximate surface area is 203 Å². The number of likely N-dealkylation sites (tertiary alicyclic amines) is 1. The second-order valence-corrected chi connectivity index (χ2v) is 9.61. The second-order valence-electron chi connectivity index (χ2n) is 9.61. The lowest BCUT2D eigenvalue weighted by Gasteiger charge is -2.28. The van der Waals surface area contributed by atoms with Gasteiger partial charge in [-0.25, -0.2) is 0 Å². The number of hydrogen-bond donors (Lipinski definition) is 1. The van der Waals surface area contributed by atoms with Crippen LogP contribution in [0, 0.1) is 0 Å². The third-order valence-corrected chi connectivity index (χ3v) is 7.25. The highest BCUT2D eigenvalue weighted by atomic mass is 16.5. The van der Waals surface area contributed by atoms with Gasteiger partial charge in [0.2, 0.25) is 0 Å². The van der Waals surface area contributed by atoms with E-state index in [2.05, 4.69) is 0 Å². The van der Waals surface area contributed by atoms with Crippen LogP contribution in [0.15, 0.2) is 66.2 Å². The molecule has 0 aromatic heterocycles. The zero-order valence-electron chi connectivity index (χ0n) is 19.6. The van der Waals surface area contributed by atoms with Crippen molar-refractivity contribution < 1.29 is 24.2 Å². The van der Waals surface area contributed by atoms with E-state index in [0.29, 0.717) is 18.7 Å². The number of Topliss-reactive ketones (excluding diaryl/α,β-unsaturated/α-hetero) is 1. The molecule has 2 saturated heterocycles. The third-order valence-electron chi connectivity index (χ3n) is 7.25. The second kappa shape index (κ2) is 8.54. The van der Waals surface area contributed by atoms with Crippen molar-refractivity contribution in [2.45, 2.75) is 44.4 Å². The smallest absolute Gasteiger partial charge is 0.295 e. The van der Waals surface area contributed by atoms with Crippen molar-refractivity contribution in [3.8, 4) is 5.75 Å². The van der Waals surface area contributed by atoms with Gasteiger partial charge in [0.25, 0.3) is 11.7 Å². The molecule has 6 nitrogen and oxygen atoms in total. The molecule has 3 aliphatic heterocycles. The molecular weight excluding hydrogens is 442 g/mol. The lowest BCUT2D eigenvalue weighted by molar-refractivity contribution is -0.140. The minimum absolute atomic E-state index is 0.0649. The number of fused-ring (bicyclic) bond motifs is 2. The molecule has 0 saturated carbocycles. The van der Waals surface area contributed by atoms with Gasteiger partial charge in [-0.1, -0.05) is 42.5 Å². The monoisotopic (exact) mass is 469 g/mol. The number of benzene rings is 3. The van der Waals surface area contributed by atoms with Gasteiger partial charge in [0.15, 0.2) is 0 Å². The third kappa shape index (κ3) is 3.69. The Morgan fingerprint density at radius 1 is 1.09 bits per heavy atom. The summed E-state index contributed by atoms with van der Waals surface area (Å²) in [4.78, 5) is 28.4. The minimum atomic E-state index is -0.700. The zero-order chi connectivity index (χ0) is 24.1. The van der Waals surface area contributed by atoms with Crippen molar-refractivity contribution >= 4 is 28.2 Å². The zero-order valence-corrected chi connectivity index (χ0v) is 19.6. The van der Waals surface area contributed by atoms with E-state index in [1.165, 1.54) is 0 Å². The summed E-state index contributed by atoms with van der Waals surface area (Å²) in [6.07, 6.45) is 2.45. The number of carbonyl (C=O) groups is 2. The van der Waals surface area contributed by atoms with Gasteiger partial charge in [-0.2, -0.15) is 0 Å². The molecule has 0 spiro atoms. The summed E-state index contributed by atoms with van der Waals surface area (Å²) in [6, 6.07) is 18.5. The average molecular weight is 470 g/mol. The summed E-state index contributed by atoms with van der Waals surface area (Å²) < 4.78 is 11.6. The Morgan fingerprint density at radius 3 is 2.74 bits per heavy atom. The van der Waals surface area contributed by atoms with Crippen molar-refractivity contribution in [2.24, 2.45) is 0 Å². The van der Waals surface area contributed by atoms with Gasteiger partial charge in [-0.05, 0) is 59.9 Å². The molecule has 6 heteroatoms. The van der Waals surface area contributed by atoms with E-state index in [1.54, 1.807) is 11.0 Å². The lowest BCUT2D eigenvalue weighted by atomic mass is 9.91. The molecule has 6 rings (SSSR count). The van der Waals surface area contributed by atoms with Gasteiger partial charge in [-0.15, -0.1) is 0 Å². The largest absolute Gasteiger partial charge is 0.507 e. The van der Waals surface area contributed by atoms with Crippen LogP contribution in [0.2, 0.25) is 0 Å². The topological polar surface area (TPSA) is 76.1 Å². The maximum absolute atomic E-state index is 13.4. The molecule has 3 aliphatic rings. The molecule has 3 unspecified atom stereocenters. The number of aliphatic hydroxyl groups excluding tert-OH is 1. The van der Waals surface area contributed by atoms with Crippen LogP contribution in [0.5, 0.6) is 5.75 Å². The predicted molar refractivity (Wildman–Crippen MR) is 132 cm³/mol. The van der Waals surface area contributed by atoms with E-state index in [0.717, 1.165) is 46.9 Å². The fraction of sp³-hybridized carbons (Fsp3) is 0.310. The van der Waals surface area contributed by atoms with Crippen LogP contribution in [0.4, 0.5) is 0 Å². The molecule has 3 aromatic carbocycles. The highest BCUT2D eigenvalue weighted by Gasteiger charge is 2.47. The maximum atomic E-state index is 13.4. The first-order valence-electron chi connectivity index (χ1n) is 12.2. The van der Waals surface area contributed by atoms with Crippen LogP contribution in [0.25, 0.3) is 16.5 Å². The number of aliphatic hydroxyl groups is 1. The van der Waals surface area contributed by atoms with Gasteiger partial charge in [0.1, 0.15) is 17.6 Å². The van der Waals surface area contributed by atoms with Crippen LogP contribution in [0.1, 0.15) is 42.5 Å². The molecule has 1 amide bonds. The summed E-state index contributed by atoms with van der Waals surface area (Å²) in [6.45, 7) is 2.96. The fourth-order valence-corrected chi connectivity index (χ4v) is 5.61. The molecule has 3 aromatic rings. The standard InChI is InChI=1S/C29H27NO5/c1-17-14-20-15-19(11-12-24(20)35-17)27(31)25-26(23-10-4-7-18-6-2-3-9-22(18)23)30(29(33)28(25)32)16-21-8-5-13-34-21/h2-4,6-7,9-12,15,17,21,26,31H,5,8,13-14,16H2,1H3. The molecular formula is C29H27NO5. The normalized spacial score (nSPS) is 25.3. The number of nitrogens with zero attached hydrogens (tertiary/aromatic N) is 1. The minimum Gasteiger partial charge on any atom is -0.507 e. The number of amides is 1. The SMILES string of the molecule is CC1Cc2cc(C(O)=C3C(=O)C(=O)N(CC4CCCO4)C3c3cccc4ccccc34)ccc2O1. The summed E-state index contributed by atoms with van der Waals surface area (Å²) in [5.74, 6) is -0.626. The molecule has 178 valence electrons. The Morgan fingerprint density at radius 2 is 1.91 bits per heavy atom. The quantitative estimate of drug-likeness (QED) is 0.339. The van der Waals surface area contributed by atoms with Gasteiger partial charge in [-0.3, -0.25) is 9.59 Å². The van der Waals surface area contributed by atoms with E-state index in [1.807, 2.05) is 61.5 Å². The van der Waals surface area contributed by atoms with E-state index in [4.69, 9.17) is 9.47 Å². The van der Waals surface area contributed by atoms with E-state index in [-0.39, 0.29) is 23.5 Å². The molecule has 0 bridgehead atoms. The first-order valence-corrected chi connectivity index (χ1v) is 12.2. The van der Waals surface area contributed by atoms with Crippen LogP contribution >= 0.6 is 0 Å². The highest BCUT2D eigenvalue weighted by molar-refractivity contribution is 6.46. The fourth-order valence-electron chi connectivity index (χ4n) is 5.61. The van der Waals surface area contributed by atoms with E-state index in [9.17, 15) is 14.7 Å². The first kappa shape index (κ1) is 21.9. The molecule has 2 fully saturated rings. The molecule has 3 heterocycles. The molecule has 1 N–H and O–H groups in total. The van der Waals surface area contributed by atoms with Gasteiger partial charge in [0.05, 0.1) is 17.7 Å². The summed E-state index contributed by atoms with van der Waals surface area (Å²) >= 11 is 0. The Hall–Kier alpha value is -3.64. The van der Waals surface area contributed by atoms with Crippen LogP contribution in [0.3, 0.4) is 0 Å². The molecule has 35 heavy (non-hydrogen) atoms. The van der Waals surface area contributed by atoms with Gasteiger partial charge < -0.3 is 19.5 Å². The van der Waals surface area contributed by atoms with E-state index >= 15 is 0 Å². The Bertz CT molecular complexity index is 1370. The Kier molecular flexibility index (Phi) is 5.33. The van der Waals surface area contributed by atoms with Gasteiger partial charge >= 0.3 is 0 Å². The van der Waals surface area contributed by atoms with Crippen molar-refractivity contribution in [1.82, 2.24) is 4.90 Å². The summed E-state index contributed by atoms with van der Waals surface area (Å²) in [5, 5.41) is 13.5. The highest BCUT2D eigenvalue weighted by Crippen LogP contribution is 2.43. The first-order chi connectivity index (χ1) is 17.0. The number of rotatable bonds is 4. The molecule has 3 atom stereocenters. The predicted octanol–water partition coefficient (Wildman–Crippen LogP) is 4.76. The molecule has 0 radical (unpaired) electrons.